The van der Waals surface area contributed by atoms with Crippen molar-refractivity contribution in [1.29, 1.82) is 0 Å². The summed E-state index contributed by atoms with van der Waals surface area (Å²) in [4.78, 5) is 34.7. The summed E-state index contributed by atoms with van der Waals surface area (Å²) >= 11 is 6.84. The predicted molar refractivity (Wildman–Crippen MR) is 178 cm³/mol. The number of halogens is 1. The van der Waals surface area contributed by atoms with Crippen molar-refractivity contribution in [3.63, 3.8) is 0 Å². The highest BCUT2D eigenvalue weighted by Gasteiger charge is 2.33. The molecule has 2 saturated heterocycles. The summed E-state index contributed by atoms with van der Waals surface area (Å²) in [6, 6.07) is 24.0. The molecule has 3 aromatic carbocycles. The van der Waals surface area contributed by atoms with Crippen LogP contribution < -0.4 is 9.64 Å². The van der Waals surface area contributed by atoms with Gasteiger partial charge < -0.3 is 24.0 Å². The number of carbonyl (C=O) groups excluding carboxylic acids is 2. The summed E-state index contributed by atoms with van der Waals surface area (Å²) in [5, 5.41) is 0.487. The standard InChI is InChI=1S/C37H39ClN4O3/c1-25-9-3-5-11-29(25)30-22-35(45-2)31(21-32(30)38)36(43)42-24-28-13-14-34(41(28)23-26-10-4-6-12-33(26)42)37(44)40-19-15-27(16-20-40)39-17-7-8-18-39/h3-6,9-14,21-22,27H,7-8,15-20,23-24H2,1-2H3. The van der Waals surface area contributed by atoms with Gasteiger partial charge in [0.15, 0.2) is 0 Å². The molecule has 0 spiro atoms. The molecular formula is C37H39ClN4O3. The zero-order valence-corrected chi connectivity index (χ0v) is 26.7. The number of piperidine rings is 1. The van der Waals surface area contributed by atoms with Crippen molar-refractivity contribution in [2.45, 2.75) is 51.7 Å². The Morgan fingerprint density at radius 1 is 0.822 bits per heavy atom. The molecule has 8 heteroatoms. The Hall–Kier alpha value is -4.07. The minimum atomic E-state index is -0.205. The van der Waals surface area contributed by atoms with Gasteiger partial charge in [-0.1, -0.05) is 54.1 Å². The van der Waals surface area contributed by atoms with Crippen molar-refractivity contribution in [3.05, 3.63) is 106 Å². The van der Waals surface area contributed by atoms with Crippen molar-refractivity contribution in [2.24, 2.45) is 0 Å². The second-order valence-corrected chi connectivity index (χ2v) is 12.8. The van der Waals surface area contributed by atoms with Crippen molar-refractivity contribution in [1.82, 2.24) is 14.4 Å². The lowest BCUT2D eigenvalue weighted by molar-refractivity contribution is 0.0634. The van der Waals surface area contributed by atoms with Crippen LogP contribution >= 0.6 is 11.6 Å². The Bertz CT molecular complexity index is 1750. The maximum Gasteiger partial charge on any atom is 0.270 e. The van der Waals surface area contributed by atoms with Gasteiger partial charge in [-0.3, -0.25) is 9.59 Å². The lowest BCUT2D eigenvalue weighted by Gasteiger charge is -2.36. The molecule has 3 aliphatic heterocycles. The van der Waals surface area contributed by atoms with Gasteiger partial charge in [-0.2, -0.15) is 0 Å². The zero-order chi connectivity index (χ0) is 31.1. The average Bonchev–Trinajstić information content (AvgIpc) is 3.71. The van der Waals surface area contributed by atoms with Crippen LogP contribution in [0.2, 0.25) is 5.02 Å². The molecule has 2 amide bonds. The van der Waals surface area contributed by atoms with Crippen molar-refractivity contribution in [2.75, 3.05) is 38.2 Å². The second kappa shape index (κ2) is 12.4. The minimum Gasteiger partial charge on any atom is -0.496 e. The van der Waals surface area contributed by atoms with E-state index in [1.165, 1.54) is 25.9 Å². The molecule has 1 aromatic heterocycles. The minimum absolute atomic E-state index is 0.0682. The van der Waals surface area contributed by atoms with Gasteiger partial charge in [0.25, 0.3) is 11.8 Å². The number of anilines is 1. The predicted octanol–water partition coefficient (Wildman–Crippen LogP) is 7.03. The second-order valence-electron chi connectivity index (χ2n) is 12.4. The number of hydrogen-bond donors (Lipinski definition) is 0. The number of aryl methyl sites for hydroxylation is 1. The summed E-state index contributed by atoms with van der Waals surface area (Å²) in [5.74, 6) is 0.329. The monoisotopic (exact) mass is 622 g/mol. The van der Waals surface area contributed by atoms with Crippen molar-refractivity contribution in [3.8, 4) is 16.9 Å². The number of carbonyl (C=O) groups is 2. The number of hydrogen-bond acceptors (Lipinski definition) is 4. The normalized spacial score (nSPS) is 17.1. The number of amides is 2. The fourth-order valence-electron chi connectivity index (χ4n) is 7.35. The first-order valence-electron chi connectivity index (χ1n) is 16.0. The summed E-state index contributed by atoms with van der Waals surface area (Å²) in [7, 11) is 1.58. The van der Waals surface area contributed by atoms with E-state index in [-0.39, 0.29) is 11.8 Å². The molecule has 45 heavy (non-hydrogen) atoms. The van der Waals surface area contributed by atoms with E-state index in [4.69, 9.17) is 16.3 Å². The highest BCUT2D eigenvalue weighted by molar-refractivity contribution is 6.34. The Labute approximate surface area is 269 Å². The van der Waals surface area contributed by atoms with Crippen LogP contribution in [-0.4, -0.2) is 65.5 Å². The van der Waals surface area contributed by atoms with Crippen LogP contribution in [-0.2, 0) is 13.1 Å². The van der Waals surface area contributed by atoms with Gasteiger partial charge in [-0.25, -0.2) is 0 Å². The third kappa shape index (κ3) is 5.53. The van der Waals surface area contributed by atoms with Crippen LogP contribution in [0.15, 0.2) is 72.8 Å². The number of benzene rings is 3. The highest BCUT2D eigenvalue weighted by Crippen LogP contribution is 2.38. The molecule has 0 aliphatic carbocycles. The topological polar surface area (TPSA) is 58.0 Å². The molecule has 3 aliphatic rings. The van der Waals surface area contributed by atoms with E-state index in [1.807, 2.05) is 78.6 Å². The highest BCUT2D eigenvalue weighted by atomic mass is 35.5. The van der Waals surface area contributed by atoms with Crippen LogP contribution in [0.4, 0.5) is 5.69 Å². The third-order valence-corrected chi connectivity index (χ3v) is 10.1. The van der Waals surface area contributed by atoms with Gasteiger partial charge in [-0.15, -0.1) is 0 Å². The lowest BCUT2D eigenvalue weighted by Crippen LogP contribution is -2.46. The molecule has 0 radical (unpaired) electrons. The number of likely N-dealkylation sites (tertiary alicyclic amines) is 2. The Kier molecular flexibility index (Phi) is 8.15. The number of aromatic nitrogens is 1. The van der Waals surface area contributed by atoms with E-state index in [0.717, 1.165) is 59.6 Å². The number of rotatable bonds is 5. The Balaban J connectivity index is 1.18. The first-order chi connectivity index (χ1) is 21.9. The smallest absolute Gasteiger partial charge is 0.270 e. The molecule has 7 nitrogen and oxygen atoms in total. The fourth-order valence-corrected chi connectivity index (χ4v) is 7.61. The van der Waals surface area contributed by atoms with Crippen LogP contribution in [0.1, 0.15) is 63.4 Å². The van der Waals surface area contributed by atoms with Crippen molar-refractivity contribution >= 4 is 29.1 Å². The molecular weight excluding hydrogens is 584 g/mol. The largest absolute Gasteiger partial charge is 0.496 e. The molecule has 0 saturated carbocycles. The summed E-state index contributed by atoms with van der Waals surface area (Å²) in [6.07, 6.45) is 4.62. The van der Waals surface area contributed by atoms with E-state index in [9.17, 15) is 9.59 Å². The maximum absolute atomic E-state index is 14.4. The molecule has 7 rings (SSSR count). The molecule has 0 bridgehead atoms. The molecule has 4 heterocycles. The molecule has 2 fully saturated rings. The van der Waals surface area contributed by atoms with E-state index in [0.29, 0.717) is 41.2 Å². The van der Waals surface area contributed by atoms with Gasteiger partial charge in [0, 0.05) is 41.1 Å². The summed E-state index contributed by atoms with van der Waals surface area (Å²) in [5.41, 5.74) is 6.68. The Morgan fingerprint density at radius 3 is 2.31 bits per heavy atom. The molecule has 0 N–H and O–H groups in total. The quantitative estimate of drug-likeness (QED) is 0.240. The SMILES string of the molecule is COc1cc(-c2ccccc2C)c(Cl)cc1C(=O)N1Cc2ccc(C(=O)N3CCC(N4CCCC4)CC3)n2Cc2ccccc21. The van der Waals surface area contributed by atoms with Gasteiger partial charge >= 0.3 is 0 Å². The van der Waals surface area contributed by atoms with Gasteiger partial charge in [0.05, 0.1) is 25.8 Å². The summed E-state index contributed by atoms with van der Waals surface area (Å²) in [6.45, 7) is 6.80. The molecule has 0 unspecified atom stereocenters. The fraction of sp³-hybridized carbons (Fsp3) is 0.351. The summed E-state index contributed by atoms with van der Waals surface area (Å²) < 4.78 is 7.87. The number of para-hydroxylation sites is 1. The number of nitrogens with zero attached hydrogens (tertiary/aromatic N) is 4. The third-order valence-electron chi connectivity index (χ3n) is 9.83. The van der Waals surface area contributed by atoms with Crippen LogP contribution in [0.5, 0.6) is 5.75 Å². The van der Waals surface area contributed by atoms with Crippen LogP contribution in [0.25, 0.3) is 11.1 Å². The van der Waals surface area contributed by atoms with Gasteiger partial charge in [0.1, 0.15) is 11.4 Å². The zero-order valence-electron chi connectivity index (χ0n) is 26.0. The average molecular weight is 623 g/mol. The van der Waals surface area contributed by atoms with Gasteiger partial charge in [-0.05, 0) is 92.7 Å². The number of methoxy groups -OCH3 is 1. The van der Waals surface area contributed by atoms with E-state index in [2.05, 4.69) is 9.47 Å². The lowest BCUT2D eigenvalue weighted by atomic mass is 9.98. The molecule has 232 valence electrons. The van der Waals surface area contributed by atoms with Crippen LogP contribution in [0.3, 0.4) is 0 Å². The van der Waals surface area contributed by atoms with Crippen LogP contribution in [0, 0.1) is 6.92 Å². The molecule has 4 aromatic rings. The first kappa shape index (κ1) is 29.6. The van der Waals surface area contributed by atoms with E-state index < -0.39 is 0 Å². The molecule has 0 atom stereocenters. The Morgan fingerprint density at radius 2 is 1.56 bits per heavy atom. The van der Waals surface area contributed by atoms with E-state index >= 15 is 0 Å². The van der Waals surface area contributed by atoms with E-state index in [1.54, 1.807) is 18.1 Å². The van der Waals surface area contributed by atoms with Gasteiger partial charge in [0.2, 0.25) is 0 Å². The number of fused-ring (bicyclic) bond motifs is 2. The maximum atomic E-state index is 14.4. The number of ether oxygens (including phenoxy) is 1. The van der Waals surface area contributed by atoms with Crippen molar-refractivity contribution < 1.29 is 14.3 Å². The first-order valence-corrected chi connectivity index (χ1v) is 16.4.